The van der Waals surface area contributed by atoms with E-state index in [9.17, 15) is 4.79 Å². The van der Waals surface area contributed by atoms with Gasteiger partial charge < -0.3 is 15.0 Å². The Hall–Kier alpha value is -2.83. The van der Waals surface area contributed by atoms with Crippen molar-refractivity contribution in [3.05, 3.63) is 46.5 Å². The predicted molar refractivity (Wildman–Crippen MR) is 86.7 cm³/mol. The van der Waals surface area contributed by atoms with Crippen LogP contribution in [-0.4, -0.2) is 26.9 Å². The fourth-order valence-corrected chi connectivity index (χ4v) is 2.65. The lowest BCUT2D eigenvalue weighted by atomic mass is 10.1. The van der Waals surface area contributed by atoms with Gasteiger partial charge in [-0.2, -0.15) is 0 Å². The first kappa shape index (κ1) is 13.8. The second kappa shape index (κ2) is 5.42. The monoisotopic (exact) mass is 311 g/mol. The lowest BCUT2D eigenvalue weighted by Crippen LogP contribution is -2.17. The number of rotatable bonds is 5. The van der Waals surface area contributed by atoms with Gasteiger partial charge in [0.05, 0.1) is 12.6 Å². The Morgan fingerprint density at radius 3 is 3.04 bits per heavy atom. The van der Waals surface area contributed by atoms with E-state index < -0.39 is 0 Å². The molecule has 23 heavy (non-hydrogen) atoms. The molecule has 0 bridgehead atoms. The first-order valence-electron chi connectivity index (χ1n) is 7.58. The number of fused-ring (bicyclic) bond motifs is 1. The summed E-state index contributed by atoms with van der Waals surface area (Å²) in [5.74, 6) is 1.43. The van der Waals surface area contributed by atoms with Crippen molar-refractivity contribution in [2.24, 2.45) is 0 Å². The Balaban J connectivity index is 1.59. The largest absolute Gasteiger partial charge is 0.497 e. The normalized spacial score (nSPS) is 14.1. The van der Waals surface area contributed by atoms with E-state index in [0.29, 0.717) is 24.1 Å². The van der Waals surface area contributed by atoms with Crippen molar-refractivity contribution in [1.82, 2.24) is 19.7 Å². The number of anilines is 1. The zero-order valence-corrected chi connectivity index (χ0v) is 12.7. The second-order valence-corrected chi connectivity index (χ2v) is 5.72. The molecule has 1 aliphatic rings. The minimum atomic E-state index is -0.115. The van der Waals surface area contributed by atoms with E-state index in [1.807, 2.05) is 28.8 Å². The van der Waals surface area contributed by atoms with Crippen molar-refractivity contribution in [2.45, 2.75) is 25.4 Å². The van der Waals surface area contributed by atoms with Gasteiger partial charge in [0.25, 0.3) is 5.56 Å². The van der Waals surface area contributed by atoms with E-state index in [4.69, 9.17) is 4.74 Å². The molecule has 1 aromatic carbocycles. The molecule has 1 aliphatic carbocycles. The Kier molecular flexibility index (Phi) is 3.25. The summed E-state index contributed by atoms with van der Waals surface area (Å²) in [7, 11) is 1.60. The Morgan fingerprint density at radius 2 is 2.26 bits per heavy atom. The van der Waals surface area contributed by atoms with Crippen LogP contribution in [0.15, 0.2) is 35.4 Å². The molecule has 7 nitrogen and oxygen atoms in total. The van der Waals surface area contributed by atoms with Crippen LogP contribution in [0.3, 0.4) is 0 Å². The molecule has 1 saturated carbocycles. The van der Waals surface area contributed by atoms with Crippen LogP contribution in [0.5, 0.6) is 5.75 Å². The van der Waals surface area contributed by atoms with Crippen molar-refractivity contribution < 1.29 is 4.74 Å². The molecule has 7 heteroatoms. The second-order valence-electron chi connectivity index (χ2n) is 5.72. The highest BCUT2D eigenvalue weighted by Crippen LogP contribution is 2.36. The Morgan fingerprint density at radius 1 is 1.39 bits per heavy atom. The fourth-order valence-electron chi connectivity index (χ4n) is 2.65. The maximum Gasteiger partial charge on any atom is 0.253 e. The lowest BCUT2D eigenvalue weighted by molar-refractivity contribution is 0.415. The quantitative estimate of drug-likeness (QED) is 0.753. The molecule has 0 saturated heterocycles. The molecule has 0 radical (unpaired) electrons. The lowest BCUT2D eigenvalue weighted by Gasteiger charge is -2.08. The maximum absolute atomic E-state index is 12.2. The van der Waals surface area contributed by atoms with E-state index in [-0.39, 0.29) is 5.56 Å². The number of methoxy groups -OCH3 is 1. The van der Waals surface area contributed by atoms with E-state index >= 15 is 0 Å². The van der Waals surface area contributed by atoms with E-state index in [0.717, 1.165) is 29.5 Å². The van der Waals surface area contributed by atoms with Gasteiger partial charge in [0.2, 0.25) is 5.95 Å². The molecule has 0 spiro atoms. The molecule has 0 atom stereocenters. The van der Waals surface area contributed by atoms with Crippen LogP contribution >= 0.6 is 0 Å². The van der Waals surface area contributed by atoms with Crippen molar-refractivity contribution in [1.29, 1.82) is 0 Å². The van der Waals surface area contributed by atoms with Crippen LogP contribution < -0.4 is 15.6 Å². The summed E-state index contributed by atoms with van der Waals surface area (Å²) >= 11 is 0. The molecule has 1 fully saturated rings. The number of H-pyrrole nitrogens is 1. The van der Waals surface area contributed by atoms with Gasteiger partial charge in [-0.15, -0.1) is 10.2 Å². The molecule has 0 amide bonds. The average molecular weight is 311 g/mol. The summed E-state index contributed by atoms with van der Waals surface area (Å²) in [5, 5.41) is 12.2. The number of hydrogen-bond donors (Lipinski definition) is 2. The van der Waals surface area contributed by atoms with Crippen molar-refractivity contribution in [3.8, 4) is 5.75 Å². The van der Waals surface area contributed by atoms with Crippen LogP contribution in [0.25, 0.3) is 10.9 Å². The molecule has 2 aromatic heterocycles. The van der Waals surface area contributed by atoms with E-state index in [1.54, 1.807) is 13.4 Å². The van der Waals surface area contributed by atoms with Gasteiger partial charge in [-0.3, -0.25) is 9.36 Å². The highest BCUT2D eigenvalue weighted by molar-refractivity contribution is 5.80. The summed E-state index contributed by atoms with van der Waals surface area (Å²) in [4.78, 5) is 15.1. The Labute approximate surface area is 132 Å². The molecule has 0 unspecified atom stereocenters. The summed E-state index contributed by atoms with van der Waals surface area (Å²) in [6, 6.07) is 8.01. The molecular weight excluding hydrogens is 294 g/mol. The third-order valence-corrected chi connectivity index (χ3v) is 4.08. The standard InChI is InChI=1S/C16H17N5O2/c1-23-13-5-2-10-6-11(15(22)19-14(10)7-13)8-17-16-20-18-9-21(16)12-3-4-12/h2,5-7,9,12H,3-4,8H2,1H3,(H,17,20)(H,19,22). The van der Waals surface area contributed by atoms with Gasteiger partial charge in [-0.05, 0) is 36.4 Å². The number of benzene rings is 1. The van der Waals surface area contributed by atoms with Crippen LogP contribution in [0.2, 0.25) is 0 Å². The average Bonchev–Trinajstić information content (AvgIpc) is 3.30. The zero-order valence-electron chi connectivity index (χ0n) is 12.7. The topological polar surface area (TPSA) is 84.8 Å². The number of aromatic amines is 1. The highest BCUT2D eigenvalue weighted by Gasteiger charge is 2.26. The van der Waals surface area contributed by atoms with E-state index in [1.165, 1.54) is 0 Å². The smallest absolute Gasteiger partial charge is 0.253 e. The third kappa shape index (κ3) is 2.65. The van der Waals surface area contributed by atoms with Gasteiger partial charge in [0.15, 0.2) is 0 Å². The predicted octanol–water partition coefficient (Wildman–Crippen LogP) is 2.08. The summed E-state index contributed by atoms with van der Waals surface area (Å²) in [5.41, 5.74) is 1.31. The minimum Gasteiger partial charge on any atom is -0.497 e. The highest BCUT2D eigenvalue weighted by atomic mass is 16.5. The summed E-state index contributed by atoms with van der Waals surface area (Å²) in [6.07, 6.45) is 4.05. The first-order chi connectivity index (χ1) is 11.2. The minimum absolute atomic E-state index is 0.115. The van der Waals surface area contributed by atoms with Gasteiger partial charge >= 0.3 is 0 Å². The van der Waals surface area contributed by atoms with Crippen molar-refractivity contribution in [2.75, 3.05) is 12.4 Å². The number of ether oxygens (including phenoxy) is 1. The fraction of sp³-hybridized carbons (Fsp3) is 0.312. The molecule has 0 aliphatic heterocycles. The van der Waals surface area contributed by atoms with Crippen molar-refractivity contribution >= 4 is 16.9 Å². The van der Waals surface area contributed by atoms with Gasteiger partial charge in [-0.25, -0.2) is 0 Å². The summed E-state index contributed by atoms with van der Waals surface area (Å²) < 4.78 is 7.21. The van der Waals surface area contributed by atoms with Gasteiger partial charge in [-0.1, -0.05) is 0 Å². The van der Waals surface area contributed by atoms with Crippen LogP contribution in [-0.2, 0) is 6.54 Å². The zero-order chi connectivity index (χ0) is 15.8. The SMILES string of the molecule is COc1ccc2cc(CNc3nncn3C3CC3)c(=O)[nH]c2c1. The molecule has 4 rings (SSSR count). The molecule has 2 N–H and O–H groups in total. The van der Waals surface area contributed by atoms with Gasteiger partial charge in [0, 0.05) is 24.2 Å². The molecule has 118 valence electrons. The number of nitrogens with zero attached hydrogens (tertiary/aromatic N) is 3. The first-order valence-corrected chi connectivity index (χ1v) is 7.58. The van der Waals surface area contributed by atoms with Crippen molar-refractivity contribution in [3.63, 3.8) is 0 Å². The maximum atomic E-state index is 12.2. The van der Waals surface area contributed by atoms with Crippen LogP contribution in [0.1, 0.15) is 24.4 Å². The number of pyridine rings is 1. The van der Waals surface area contributed by atoms with Gasteiger partial charge in [0.1, 0.15) is 12.1 Å². The van der Waals surface area contributed by atoms with E-state index in [2.05, 4.69) is 20.5 Å². The third-order valence-electron chi connectivity index (χ3n) is 4.08. The molecule has 3 aromatic rings. The number of nitrogens with one attached hydrogen (secondary N) is 2. The molecular formula is C16H17N5O2. The van der Waals surface area contributed by atoms with Crippen LogP contribution in [0, 0.1) is 0 Å². The van der Waals surface area contributed by atoms with Crippen LogP contribution in [0.4, 0.5) is 5.95 Å². The molecule has 2 heterocycles. The number of hydrogen-bond acceptors (Lipinski definition) is 5. The number of aromatic nitrogens is 4. The summed E-state index contributed by atoms with van der Waals surface area (Å²) in [6.45, 7) is 0.405. The Bertz CT molecular complexity index is 910.